The number of aryl methyl sites for hydroxylation is 1. The van der Waals surface area contributed by atoms with Crippen LogP contribution >= 0.6 is 0 Å². The number of H-pyrrole nitrogens is 1. The van der Waals surface area contributed by atoms with E-state index >= 15 is 0 Å². The van der Waals surface area contributed by atoms with Crippen LogP contribution in [-0.2, 0) is 24.8 Å². The number of aromatic nitrogens is 4. The molecule has 0 radical (unpaired) electrons. The summed E-state index contributed by atoms with van der Waals surface area (Å²) < 4.78 is 3.29. The molecule has 1 aliphatic rings. The standard InChI is InChI=1S/C21H31N5O3/c1-14(2)19-22-9-12-26(19)13-16-7-10-25(11-8-16)18(27)6-5-17-15(3)23-21(29)24(4)20(17)28/h9,12,14,16H,5-8,10-11,13H2,1-4H3,(H,23,29). The highest BCUT2D eigenvalue weighted by Crippen LogP contribution is 2.22. The molecule has 1 N–H and O–H groups in total. The number of nitrogens with zero attached hydrogens (tertiary/aromatic N) is 4. The highest BCUT2D eigenvalue weighted by molar-refractivity contribution is 5.76. The molecule has 0 bridgehead atoms. The van der Waals surface area contributed by atoms with Crippen LogP contribution in [0.25, 0.3) is 0 Å². The molecule has 0 saturated carbocycles. The van der Waals surface area contributed by atoms with E-state index in [0.717, 1.165) is 42.9 Å². The van der Waals surface area contributed by atoms with Gasteiger partial charge in [-0.05, 0) is 32.1 Å². The summed E-state index contributed by atoms with van der Waals surface area (Å²) in [5.41, 5.74) is 0.310. The minimum Gasteiger partial charge on any atom is -0.343 e. The zero-order valence-corrected chi connectivity index (χ0v) is 17.8. The second-order valence-electron chi connectivity index (χ2n) is 8.31. The first kappa shape index (κ1) is 21.1. The SMILES string of the molecule is Cc1[nH]c(=O)n(C)c(=O)c1CCC(=O)N1CCC(Cn2ccnc2C(C)C)CC1. The summed E-state index contributed by atoms with van der Waals surface area (Å²) >= 11 is 0. The van der Waals surface area contributed by atoms with E-state index in [1.165, 1.54) is 7.05 Å². The monoisotopic (exact) mass is 401 g/mol. The average molecular weight is 402 g/mol. The number of piperidine rings is 1. The first-order valence-electron chi connectivity index (χ1n) is 10.4. The van der Waals surface area contributed by atoms with Crippen molar-refractivity contribution in [3.05, 3.63) is 50.3 Å². The third-order valence-electron chi connectivity index (χ3n) is 5.89. The van der Waals surface area contributed by atoms with Gasteiger partial charge in [0.15, 0.2) is 0 Å². The molecule has 158 valence electrons. The molecule has 1 aliphatic heterocycles. The Hall–Kier alpha value is -2.64. The lowest BCUT2D eigenvalue weighted by Gasteiger charge is -2.32. The molecule has 0 atom stereocenters. The molecule has 0 aromatic carbocycles. The number of likely N-dealkylation sites (tertiary alicyclic amines) is 1. The predicted octanol–water partition coefficient (Wildman–Crippen LogP) is 1.57. The van der Waals surface area contributed by atoms with Crippen molar-refractivity contribution in [3.8, 4) is 0 Å². The lowest BCUT2D eigenvalue weighted by atomic mass is 9.96. The van der Waals surface area contributed by atoms with Crippen molar-refractivity contribution < 1.29 is 4.79 Å². The minimum atomic E-state index is -0.428. The maximum Gasteiger partial charge on any atom is 0.328 e. The highest BCUT2D eigenvalue weighted by atomic mass is 16.2. The fraction of sp³-hybridized carbons (Fsp3) is 0.619. The Morgan fingerprint density at radius 2 is 1.97 bits per heavy atom. The number of hydrogen-bond acceptors (Lipinski definition) is 4. The Balaban J connectivity index is 1.53. The van der Waals surface area contributed by atoms with Gasteiger partial charge in [-0.25, -0.2) is 9.78 Å². The summed E-state index contributed by atoms with van der Waals surface area (Å²) in [5, 5.41) is 0. The van der Waals surface area contributed by atoms with Gasteiger partial charge in [0.05, 0.1) is 0 Å². The zero-order chi connectivity index (χ0) is 21.1. The smallest absolute Gasteiger partial charge is 0.328 e. The van der Waals surface area contributed by atoms with Crippen molar-refractivity contribution in [3.63, 3.8) is 0 Å². The molecule has 1 fully saturated rings. The molecule has 0 aliphatic carbocycles. The molecule has 1 amide bonds. The maximum absolute atomic E-state index is 12.6. The molecule has 3 heterocycles. The number of carbonyl (C=O) groups is 1. The lowest BCUT2D eigenvalue weighted by molar-refractivity contribution is -0.132. The zero-order valence-electron chi connectivity index (χ0n) is 17.8. The van der Waals surface area contributed by atoms with Crippen LogP contribution in [0, 0.1) is 12.8 Å². The average Bonchev–Trinajstić information content (AvgIpc) is 3.15. The van der Waals surface area contributed by atoms with Gasteiger partial charge >= 0.3 is 5.69 Å². The van der Waals surface area contributed by atoms with Gasteiger partial charge in [0.25, 0.3) is 5.56 Å². The van der Waals surface area contributed by atoms with Gasteiger partial charge in [-0.15, -0.1) is 0 Å². The summed E-state index contributed by atoms with van der Waals surface area (Å²) in [5.74, 6) is 2.12. The summed E-state index contributed by atoms with van der Waals surface area (Å²) in [6.45, 7) is 8.45. The quantitative estimate of drug-likeness (QED) is 0.795. The number of nitrogens with one attached hydrogen (secondary N) is 1. The van der Waals surface area contributed by atoms with Crippen LogP contribution in [0.4, 0.5) is 0 Å². The number of aromatic amines is 1. The molecule has 1 saturated heterocycles. The van der Waals surface area contributed by atoms with Crippen molar-refractivity contribution in [2.45, 2.75) is 58.9 Å². The largest absolute Gasteiger partial charge is 0.343 e. The molecule has 8 heteroatoms. The van der Waals surface area contributed by atoms with Gasteiger partial charge in [0.2, 0.25) is 5.91 Å². The summed E-state index contributed by atoms with van der Waals surface area (Å²) in [4.78, 5) is 45.6. The Bertz CT molecular complexity index is 977. The molecular weight excluding hydrogens is 370 g/mol. The third-order valence-corrected chi connectivity index (χ3v) is 5.89. The fourth-order valence-corrected chi connectivity index (χ4v) is 4.08. The third kappa shape index (κ3) is 4.68. The van der Waals surface area contributed by atoms with E-state index in [1.807, 2.05) is 17.3 Å². The number of hydrogen-bond donors (Lipinski definition) is 1. The van der Waals surface area contributed by atoms with E-state index in [4.69, 9.17) is 0 Å². The Kier molecular flexibility index (Phi) is 6.39. The lowest BCUT2D eigenvalue weighted by Crippen LogP contribution is -2.40. The molecule has 0 spiro atoms. The van der Waals surface area contributed by atoms with Crippen LogP contribution in [-0.4, -0.2) is 43.0 Å². The molecule has 8 nitrogen and oxygen atoms in total. The van der Waals surface area contributed by atoms with Gasteiger partial charge < -0.3 is 14.5 Å². The first-order valence-corrected chi connectivity index (χ1v) is 10.4. The maximum atomic E-state index is 12.6. The second kappa shape index (κ2) is 8.80. The molecule has 3 rings (SSSR count). The van der Waals surface area contributed by atoms with Crippen molar-refractivity contribution in [1.82, 2.24) is 24.0 Å². The van der Waals surface area contributed by atoms with Crippen LogP contribution in [0.15, 0.2) is 22.0 Å². The van der Waals surface area contributed by atoms with Crippen molar-refractivity contribution in [2.24, 2.45) is 13.0 Å². The van der Waals surface area contributed by atoms with E-state index in [9.17, 15) is 14.4 Å². The van der Waals surface area contributed by atoms with Crippen LogP contribution in [0.5, 0.6) is 0 Å². The molecule has 2 aromatic heterocycles. The molecule has 2 aromatic rings. The topological polar surface area (TPSA) is 93.0 Å². The van der Waals surface area contributed by atoms with Crippen LogP contribution < -0.4 is 11.2 Å². The molecule has 29 heavy (non-hydrogen) atoms. The van der Waals surface area contributed by atoms with E-state index in [-0.39, 0.29) is 17.9 Å². The van der Waals surface area contributed by atoms with Gasteiger partial charge in [-0.2, -0.15) is 0 Å². The fourth-order valence-electron chi connectivity index (χ4n) is 4.08. The van der Waals surface area contributed by atoms with Crippen molar-refractivity contribution in [1.29, 1.82) is 0 Å². The molecule has 0 unspecified atom stereocenters. The van der Waals surface area contributed by atoms with E-state index < -0.39 is 5.69 Å². The Labute approximate surface area is 170 Å². The van der Waals surface area contributed by atoms with E-state index in [0.29, 0.717) is 29.5 Å². The number of imidazole rings is 1. The van der Waals surface area contributed by atoms with Gasteiger partial charge in [-0.3, -0.25) is 14.2 Å². The Morgan fingerprint density at radius 3 is 2.62 bits per heavy atom. The number of amides is 1. The van der Waals surface area contributed by atoms with Gasteiger partial charge in [0, 0.05) is 62.7 Å². The number of carbonyl (C=O) groups excluding carboxylic acids is 1. The second-order valence-corrected chi connectivity index (χ2v) is 8.31. The first-order chi connectivity index (χ1) is 13.8. The molecular formula is C21H31N5O3. The van der Waals surface area contributed by atoms with Crippen LogP contribution in [0.2, 0.25) is 0 Å². The minimum absolute atomic E-state index is 0.0709. The van der Waals surface area contributed by atoms with Crippen molar-refractivity contribution >= 4 is 5.91 Å². The highest BCUT2D eigenvalue weighted by Gasteiger charge is 2.24. The summed E-state index contributed by atoms with van der Waals surface area (Å²) in [6.07, 6.45) is 6.48. The van der Waals surface area contributed by atoms with Gasteiger partial charge in [0.1, 0.15) is 5.82 Å². The predicted molar refractivity (Wildman–Crippen MR) is 111 cm³/mol. The summed E-state index contributed by atoms with van der Waals surface area (Å²) in [6, 6.07) is 0. The number of rotatable bonds is 6. The van der Waals surface area contributed by atoms with Crippen LogP contribution in [0.3, 0.4) is 0 Å². The van der Waals surface area contributed by atoms with E-state index in [2.05, 4.69) is 28.4 Å². The normalized spacial score (nSPS) is 15.3. The van der Waals surface area contributed by atoms with Crippen molar-refractivity contribution in [2.75, 3.05) is 13.1 Å². The van der Waals surface area contributed by atoms with E-state index in [1.54, 1.807) is 6.92 Å². The van der Waals surface area contributed by atoms with Gasteiger partial charge in [-0.1, -0.05) is 13.8 Å². The Morgan fingerprint density at radius 1 is 1.28 bits per heavy atom. The summed E-state index contributed by atoms with van der Waals surface area (Å²) in [7, 11) is 1.45. The van der Waals surface area contributed by atoms with Crippen LogP contribution in [0.1, 0.15) is 56.1 Å².